The van der Waals surface area contributed by atoms with Gasteiger partial charge in [0.25, 0.3) is 5.91 Å². The van der Waals surface area contributed by atoms with Crippen molar-refractivity contribution in [1.82, 2.24) is 29.7 Å². The minimum absolute atomic E-state index is 0.119. The molecule has 5 rings (SSSR count). The number of nitrogens with zero attached hydrogens (tertiary/aromatic N) is 6. The first-order valence-corrected chi connectivity index (χ1v) is 10.8. The molecular weight excluding hydrogens is 514 g/mol. The van der Waals surface area contributed by atoms with Crippen LogP contribution in [0, 0.1) is 0 Å². The van der Waals surface area contributed by atoms with E-state index in [1.807, 2.05) is 0 Å². The van der Waals surface area contributed by atoms with Crippen molar-refractivity contribution in [3.05, 3.63) is 35.9 Å². The smallest absolute Gasteiger partial charge is 0.475 e. The van der Waals surface area contributed by atoms with Crippen molar-refractivity contribution in [2.45, 2.75) is 37.3 Å². The third-order valence-corrected chi connectivity index (χ3v) is 5.82. The second kappa shape index (κ2) is 9.53. The number of amides is 1. The number of carboxylic acids is 1. The van der Waals surface area contributed by atoms with Crippen LogP contribution < -0.4 is 15.5 Å². The van der Waals surface area contributed by atoms with Gasteiger partial charge < -0.3 is 20.6 Å². The molecule has 2 aliphatic rings. The molecule has 11 nitrogen and oxygen atoms in total. The molecule has 0 aliphatic carbocycles. The van der Waals surface area contributed by atoms with Gasteiger partial charge in [0.15, 0.2) is 5.69 Å². The zero-order valence-electron chi connectivity index (χ0n) is 19.0. The van der Waals surface area contributed by atoms with E-state index in [0.717, 1.165) is 36.8 Å². The fourth-order valence-corrected chi connectivity index (χ4v) is 4.26. The first kappa shape index (κ1) is 26.2. The number of aromatic nitrogens is 5. The second-order valence-corrected chi connectivity index (χ2v) is 8.38. The highest BCUT2D eigenvalue weighted by Gasteiger charge is 2.40. The largest absolute Gasteiger partial charge is 0.490 e. The zero-order chi connectivity index (χ0) is 27.1. The van der Waals surface area contributed by atoms with Gasteiger partial charge in [-0.1, -0.05) is 0 Å². The maximum absolute atomic E-state index is 13.2. The lowest BCUT2D eigenvalue weighted by Crippen LogP contribution is -2.52. The SMILES string of the molecule is Cn1cc(NC(=O)c2ccc3cnc(N4C5CCC4CNC5)nn23)c(C(F)(F)F)n1.O=C(O)C(F)(F)F. The van der Waals surface area contributed by atoms with Gasteiger partial charge in [0, 0.05) is 38.4 Å². The summed E-state index contributed by atoms with van der Waals surface area (Å²) in [6.45, 7) is 1.69. The molecule has 2 fully saturated rings. The Labute approximate surface area is 204 Å². The van der Waals surface area contributed by atoms with Gasteiger partial charge in [-0.25, -0.2) is 14.3 Å². The fraction of sp³-hybridized carbons (Fsp3) is 0.450. The normalized spacial score (nSPS) is 19.5. The van der Waals surface area contributed by atoms with Crippen molar-refractivity contribution in [2.24, 2.45) is 7.05 Å². The number of hydrogen-bond acceptors (Lipinski definition) is 7. The summed E-state index contributed by atoms with van der Waals surface area (Å²) in [6.07, 6.45) is -4.94. The lowest BCUT2D eigenvalue weighted by molar-refractivity contribution is -0.192. The Morgan fingerprint density at radius 3 is 2.27 bits per heavy atom. The maximum atomic E-state index is 13.2. The number of piperazine rings is 1. The van der Waals surface area contributed by atoms with Crippen molar-refractivity contribution < 1.29 is 41.0 Å². The van der Waals surface area contributed by atoms with Crippen LogP contribution in [0.4, 0.5) is 38.0 Å². The predicted molar refractivity (Wildman–Crippen MR) is 115 cm³/mol. The molecule has 3 aromatic rings. The van der Waals surface area contributed by atoms with Crippen molar-refractivity contribution in [3.63, 3.8) is 0 Å². The Hall–Kier alpha value is -3.89. The Kier molecular flexibility index (Phi) is 6.74. The van der Waals surface area contributed by atoms with Gasteiger partial charge >= 0.3 is 18.3 Å². The summed E-state index contributed by atoms with van der Waals surface area (Å²) in [5.74, 6) is -2.95. The van der Waals surface area contributed by atoms with E-state index in [4.69, 9.17) is 9.90 Å². The quantitative estimate of drug-likeness (QED) is 0.437. The number of anilines is 2. The molecule has 37 heavy (non-hydrogen) atoms. The fourth-order valence-electron chi connectivity index (χ4n) is 4.26. The molecular formula is C20H20F6N8O3. The number of hydrogen-bond donors (Lipinski definition) is 3. The van der Waals surface area contributed by atoms with Crippen LogP contribution in [0.3, 0.4) is 0 Å². The van der Waals surface area contributed by atoms with E-state index in [9.17, 15) is 31.1 Å². The van der Waals surface area contributed by atoms with Crippen LogP contribution in [-0.2, 0) is 18.0 Å². The molecule has 0 radical (unpaired) electrons. The van der Waals surface area contributed by atoms with E-state index in [1.165, 1.54) is 17.6 Å². The first-order valence-electron chi connectivity index (χ1n) is 10.8. The van der Waals surface area contributed by atoms with Gasteiger partial charge in [0.05, 0.1) is 17.4 Å². The third kappa shape index (κ3) is 5.45. The predicted octanol–water partition coefficient (Wildman–Crippen LogP) is 2.31. The number of nitrogens with one attached hydrogen (secondary N) is 2. The number of fused-ring (bicyclic) bond motifs is 3. The monoisotopic (exact) mass is 534 g/mol. The van der Waals surface area contributed by atoms with Crippen LogP contribution >= 0.6 is 0 Å². The lowest BCUT2D eigenvalue weighted by atomic mass is 10.2. The molecule has 2 saturated heterocycles. The van der Waals surface area contributed by atoms with Crippen LogP contribution in [0.2, 0.25) is 0 Å². The van der Waals surface area contributed by atoms with Crippen LogP contribution in [0.5, 0.6) is 0 Å². The average Bonchev–Trinajstić information content (AvgIpc) is 3.46. The van der Waals surface area contributed by atoms with Crippen molar-refractivity contribution >= 4 is 29.0 Å². The van der Waals surface area contributed by atoms with Crippen LogP contribution in [-0.4, -0.2) is 72.7 Å². The summed E-state index contributed by atoms with van der Waals surface area (Å²) in [7, 11) is 1.36. The Morgan fingerprint density at radius 1 is 1.08 bits per heavy atom. The number of carboxylic acid groups (broad SMARTS) is 1. The highest BCUT2D eigenvalue weighted by molar-refractivity contribution is 6.04. The molecule has 2 unspecified atom stereocenters. The lowest BCUT2D eigenvalue weighted by Gasteiger charge is -2.35. The third-order valence-electron chi connectivity index (χ3n) is 5.82. The van der Waals surface area contributed by atoms with E-state index in [0.29, 0.717) is 23.5 Å². The Bertz CT molecular complexity index is 1300. The van der Waals surface area contributed by atoms with Gasteiger partial charge in [-0.2, -0.15) is 31.4 Å². The van der Waals surface area contributed by atoms with Crippen molar-refractivity contribution in [2.75, 3.05) is 23.3 Å². The number of aryl methyl sites for hydroxylation is 1. The molecule has 3 aromatic heterocycles. The standard InChI is InChI=1S/C18H19F3N8O.C2HF3O2/c1-27-9-13(15(25-27)18(19,20)21)24-16(30)14-5-4-12-8-23-17(26-29(12)14)28-10-2-3-11(28)7-22-6-10;3-2(4,5)1(6)7/h4-5,8-11,22H,2-3,6-7H2,1H3,(H,24,30);(H,6,7). The van der Waals surface area contributed by atoms with Crippen LogP contribution in [0.15, 0.2) is 24.5 Å². The van der Waals surface area contributed by atoms with E-state index >= 15 is 0 Å². The summed E-state index contributed by atoms with van der Waals surface area (Å²) in [4.78, 5) is 28.3. The molecule has 17 heteroatoms. The second-order valence-electron chi connectivity index (χ2n) is 8.38. The van der Waals surface area contributed by atoms with Gasteiger partial charge in [-0.05, 0) is 25.0 Å². The average molecular weight is 534 g/mol. The van der Waals surface area contributed by atoms with Gasteiger partial charge in [0.1, 0.15) is 5.69 Å². The van der Waals surface area contributed by atoms with Gasteiger partial charge in [-0.15, -0.1) is 5.10 Å². The molecule has 0 saturated carbocycles. The number of aliphatic carboxylic acids is 1. The van der Waals surface area contributed by atoms with Crippen LogP contribution in [0.25, 0.3) is 5.52 Å². The van der Waals surface area contributed by atoms with Gasteiger partial charge in [0.2, 0.25) is 5.95 Å². The maximum Gasteiger partial charge on any atom is 0.490 e. The molecule has 2 atom stereocenters. The Morgan fingerprint density at radius 2 is 1.70 bits per heavy atom. The number of alkyl halides is 6. The molecule has 1 amide bonds. The summed E-state index contributed by atoms with van der Waals surface area (Å²) >= 11 is 0. The molecule has 200 valence electrons. The zero-order valence-corrected chi connectivity index (χ0v) is 19.0. The van der Waals surface area contributed by atoms with Crippen molar-refractivity contribution in [3.8, 4) is 0 Å². The van der Waals surface area contributed by atoms with Crippen LogP contribution in [0.1, 0.15) is 29.0 Å². The van der Waals surface area contributed by atoms with Gasteiger partial charge in [-0.3, -0.25) is 9.48 Å². The summed E-state index contributed by atoms with van der Waals surface area (Å²) in [5.41, 5.74) is -0.854. The molecule has 0 aromatic carbocycles. The van der Waals surface area contributed by atoms with E-state index in [-0.39, 0.29) is 5.69 Å². The summed E-state index contributed by atoms with van der Waals surface area (Å²) in [5, 5.41) is 20.8. The Balaban J connectivity index is 0.000000405. The molecule has 2 aliphatic heterocycles. The summed E-state index contributed by atoms with van der Waals surface area (Å²) in [6, 6.07) is 3.75. The highest BCUT2D eigenvalue weighted by Crippen LogP contribution is 2.34. The summed E-state index contributed by atoms with van der Waals surface area (Å²) < 4.78 is 73.7. The number of rotatable bonds is 3. The molecule has 2 bridgehead atoms. The number of carbonyl (C=O) groups excluding carboxylic acids is 1. The molecule has 3 N–H and O–H groups in total. The van der Waals surface area contributed by atoms with Crippen molar-refractivity contribution in [1.29, 1.82) is 0 Å². The molecule has 0 spiro atoms. The van der Waals surface area contributed by atoms with E-state index in [2.05, 4.69) is 30.7 Å². The minimum atomic E-state index is -5.08. The highest BCUT2D eigenvalue weighted by atomic mass is 19.4. The number of halogens is 6. The molecule has 5 heterocycles. The number of carbonyl (C=O) groups is 2. The minimum Gasteiger partial charge on any atom is -0.475 e. The first-order chi connectivity index (χ1) is 17.3. The topological polar surface area (TPSA) is 130 Å². The van der Waals surface area contributed by atoms with E-state index in [1.54, 1.807) is 12.3 Å². The van der Waals surface area contributed by atoms with E-state index < -0.39 is 35.6 Å².